The summed E-state index contributed by atoms with van der Waals surface area (Å²) in [7, 11) is -1.98. The largest absolute Gasteiger partial charge is 0.493 e. The number of hydrogen-bond donors (Lipinski definition) is 0. The van der Waals surface area contributed by atoms with Crippen LogP contribution in [0.15, 0.2) is 115 Å². The predicted octanol–water partition coefficient (Wildman–Crippen LogP) is 11.6. The number of methoxy groups -OCH3 is 1. The Balaban J connectivity index is 0.000000201. The van der Waals surface area contributed by atoms with Gasteiger partial charge in [-0.25, -0.2) is 42.9 Å². The van der Waals surface area contributed by atoms with Crippen LogP contribution in [-0.2, 0) is 19.3 Å². The standard InChI is InChI=1S/C30H32IN5O4.C24H28IN5O4S/c1-30(2,3)40-29(37)35-17-14-22(15-18-35)36-19-33-26(20-9-11-21(31)12-10-20)27(36)23-13-16-32-28(34-23)39-25-8-6-5-7-24(25)38-4;1-24(2,3)34-23(31)29-13-10-18(11-14-29)30-15-27-20(16-5-7-17(25)8-6-16)21(30)19-9-12-26-22(28-19)35(4,32)33/h5-13,16,19,22H,14-15,17-18H2,1-4H3;5-9,12,15,18H,10-11,13-14H2,1-4H3. The van der Waals surface area contributed by atoms with Crippen molar-refractivity contribution in [3.05, 3.63) is 117 Å². The molecule has 7 aromatic rings. The van der Waals surface area contributed by atoms with Gasteiger partial charge in [-0.15, -0.1) is 0 Å². The zero-order valence-electron chi connectivity index (χ0n) is 43.1. The number of para-hydroxylation sites is 2. The second kappa shape index (κ2) is 23.4. The molecule has 21 heteroatoms. The molecule has 0 atom stereocenters. The van der Waals surface area contributed by atoms with E-state index in [1.165, 1.54) is 6.20 Å². The van der Waals surface area contributed by atoms with Crippen molar-refractivity contribution < 1.29 is 37.0 Å². The van der Waals surface area contributed by atoms with E-state index >= 15 is 0 Å². The van der Waals surface area contributed by atoms with Crippen molar-refractivity contribution in [3.8, 4) is 62.8 Å². The number of piperidine rings is 2. The lowest BCUT2D eigenvalue weighted by molar-refractivity contribution is 0.0178. The molecule has 2 amide bonds. The molecule has 2 fully saturated rings. The number of benzene rings is 3. The highest BCUT2D eigenvalue weighted by Crippen LogP contribution is 2.39. The van der Waals surface area contributed by atoms with Crippen molar-refractivity contribution in [3.63, 3.8) is 0 Å². The summed E-state index contributed by atoms with van der Waals surface area (Å²) in [5, 5.41) is -0.226. The van der Waals surface area contributed by atoms with Gasteiger partial charge < -0.3 is 37.9 Å². The van der Waals surface area contributed by atoms with Gasteiger partial charge in [-0.05, 0) is 161 Å². The molecular weight excluding hydrogens is 1200 g/mol. The Labute approximate surface area is 464 Å². The quantitative estimate of drug-likeness (QED) is 0.0925. The van der Waals surface area contributed by atoms with Crippen molar-refractivity contribution in [2.45, 2.75) is 95.7 Å². The zero-order valence-corrected chi connectivity index (χ0v) is 48.2. The van der Waals surface area contributed by atoms with Gasteiger partial charge in [0.2, 0.25) is 15.0 Å². The van der Waals surface area contributed by atoms with E-state index in [0.29, 0.717) is 67.6 Å². The molecule has 0 radical (unpaired) electrons. The lowest BCUT2D eigenvalue weighted by Crippen LogP contribution is -2.42. The van der Waals surface area contributed by atoms with Crippen LogP contribution in [0.4, 0.5) is 9.59 Å². The lowest BCUT2D eigenvalue weighted by Gasteiger charge is -2.34. The van der Waals surface area contributed by atoms with Gasteiger partial charge in [0.1, 0.15) is 11.2 Å². The first-order chi connectivity index (χ1) is 35.6. The predicted molar refractivity (Wildman–Crippen MR) is 301 cm³/mol. The SMILES string of the molecule is CC(C)(C)OC(=O)N1CCC(n2cnc(-c3ccc(I)cc3)c2-c2ccnc(S(C)(=O)=O)n2)CC1.COc1ccccc1Oc1nccc(-c2c(-c3ccc(I)cc3)ncn2C2CCN(C(=O)OC(C)(C)C)CC2)n1. The molecule has 0 saturated carbocycles. The van der Waals surface area contributed by atoms with E-state index in [1.54, 1.807) is 35.5 Å². The van der Waals surface area contributed by atoms with Crippen LogP contribution < -0.4 is 9.47 Å². The van der Waals surface area contributed by atoms with E-state index < -0.39 is 21.0 Å². The van der Waals surface area contributed by atoms with E-state index in [0.717, 1.165) is 54.4 Å². The van der Waals surface area contributed by atoms with Crippen LogP contribution in [0.1, 0.15) is 79.3 Å². The molecule has 18 nitrogen and oxygen atoms in total. The van der Waals surface area contributed by atoms with Crippen LogP contribution >= 0.6 is 45.2 Å². The number of nitrogens with zero attached hydrogens (tertiary/aromatic N) is 10. The molecule has 394 valence electrons. The number of hydrogen-bond acceptors (Lipinski definition) is 14. The molecule has 4 aromatic heterocycles. The minimum absolute atomic E-state index is 0.0606. The summed E-state index contributed by atoms with van der Waals surface area (Å²) < 4.78 is 53.3. The summed E-state index contributed by atoms with van der Waals surface area (Å²) >= 11 is 4.55. The molecule has 0 bridgehead atoms. The molecule has 0 spiro atoms. The lowest BCUT2D eigenvalue weighted by atomic mass is 10.0. The van der Waals surface area contributed by atoms with Crippen LogP contribution in [0.3, 0.4) is 0 Å². The average molecular weight is 1260 g/mol. The van der Waals surface area contributed by atoms with Crippen LogP contribution in [0.2, 0.25) is 0 Å². The Bertz CT molecular complexity index is 3230. The third-order valence-corrected chi connectivity index (χ3v) is 14.5. The van der Waals surface area contributed by atoms with Gasteiger partial charge in [-0.1, -0.05) is 36.4 Å². The van der Waals surface area contributed by atoms with Crippen LogP contribution in [0, 0.1) is 7.14 Å². The molecule has 9 rings (SSSR count). The average Bonchev–Trinajstić information content (AvgIpc) is 4.03. The van der Waals surface area contributed by atoms with E-state index in [-0.39, 0.29) is 35.4 Å². The fourth-order valence-electron chi connectivity index (χ4n) is 8.70. The minimum Gasteiger partial charge on any atom is -0.493 e. The van der Waals surface area contributed by atoms with Crippen molar-refractivity contribution in [1.29, 1.82) is 0 Å². The van der Waals surface area contributed by atoms with Crippen LogP contribution in [-0.4, -0.2) is 120 Å². The Morgan fingerprint density at radius 3 is 1.44 bits per heavy atom. The number of carbonyl (C=O) groups is 2. The van der Waals surface area contributed by atoms with Crippen molar-refractivity contribution in [1.82, 2.24) is 48.8 Å². The maximum Gasteiger partial charge on any atom is 0.410 e. The van der Waals surface area contributed by atoms with Crippen molar-refractivity contribution in [2.24, 2.45) is 0 Å². The normalized spacial score (nSPS) is 14.7. The number of imidazole rings is 2. The maximum atomic E-state index is 12.6. The second-order valence-electron chi connectivity index (χ2n) is 20.1. The fourth-order valence-corrected chi connectivity index (χ4v) is 9.94. The maximum absolute atomic E-state index is 12.6. The van der Waals surface area contributed by atoms with Gasteiger partial charge >= 0.3 is 18.2 Å². The molecule has 2 saturated heterocycles. The molecule has 0 N–H and O–H groups in total. The smallest absolute Gasteiger partial charge is 0.410 e. The number of carbonyl (C=O) groups excluding carboxylic acids is 2. The summed E-state index contributed by atoms with van der Waals surface area (Å²) in [6.45, 7) is 13.5. The van der Waals surface area contributed by atoms with E-state index in [9.17, 15) is 18.0 Å². The summed E-state index contributed by atoms with van der Waals surface area (Å²) in [6.07, 6.45) is 10.3. The van der Waals surface area contributed by atoms with Gasteiger partial charge in [-0.3, -0.25) is 0 Å². The zero-order chi connectivity index (χ0) is 53.7. The number of ether oxygens (including phenoxy) is 4. The Kier molecular flexibility index (Phi) is 17.1. The Morgan fingerprint density at radius 2 is 1.01 bits per heavy atom. The highest BCUT2D eigenvalue weighted by Gasteiger charge is 2.32. The molecule has 0 unspecified atom stereocenters. The summed E-state index contributed by atoms with van der Waals surface area (Å²) in [4.78, 5) is 55.7. The van der Waals surface area contributed by atoms with Crippen molar-refractivity contribution in [2.75, 3.05) is 39.5 Å². The van der Waals surface area contributed by atoms with Gasteiger partial charge in [0.05, 0.1) is 53.9 Å². The van der Waals surface area contributed by atoms with E-state index in [4.69, 9.17) is 33.9 Å². The summed E-state index contributed by atoms with van der Waals surface area (Å²) in [6, 6.07) is 27.6. The number of rotatable bonds is 10. The molecule has 3 aromatic carbocycles. The molecule has 2 aliphatic heterocycles. The third-order valence-electron chi connectivity index (χ3n) is 12.2. The van der Waals surface area contributed by atoms with E-state index in [2.05, 4.69) is 89.0 Å². The number of likely N-dealkylation sites (tertiary alicyclic amines) is 2. The Hall–Kier alpha value is -6.21. The van der Waals surface area contributed by atoms with Gasteiger partial charge in [0.25, 0.3) is 0 Å². The summed E-state index contributed by atoms with van der Waals surface area (Å²) in [5.41, 5.74) is 5.17. The molecular formula is C54H60I2N10O8S. The molecule has 2 aliphatic rings. The van der Waals surface area contributed by atoms with Crippen LogP contribution in [0.25, 0.3) is 45.3 Å². The van der Waals surface area contributed by atoms with Crippen LogP contribution in [0.5, 0.6) is 17.5 Å². The monoisotopic (exact) mass is 1260 g/mol. The minimum atomic E-state index is -3.58. The first kappa shape index (κ1) is 55.0. The highest BCUT2D eigenvalue weighted by molar-refractivity contribution is 14.1. The number of aromatic nitrogens is 8. The van der Waals surface area contributed by atoms with Crippen molar-refractivity contribution >= 4 is 67.2 Å². The van der Waals surface area contributed by atoms with Gasteiger partial charge in [0, 0.05) is 75.2 Å². The number of amides is 2. The first-order valence-electron chi connectivity index (χ1n) is 24.4. The Morgan fingerprint density at radius 1 is 0.587 bits per heavy atom. The van der Waals surface area contributed by atoms with Gasteiger partial charge in [-0.2, -0.15) is 4.98 Å². The number of sulfone groups is 1. The van der Waals surface area contributed by atoms with E-state index in [1.807, 2.05) is 107 Å². The summed E-state index contributed by atoms with van der Waals surface area (Å²) in [5.74, 6) is 1.13. The fraction of sp³-hybridized carbons (Fsp3) is 0.370. The molecule has 6 heterocycles. The number of halogens is 2. The topological polar surface area (TPSA) is 199 Å². The molecule has 0 aliphatic carbocycles. The van der Waals surface area contributed by atoms with Gasteiger partial charge in [0.15, 0.2) is 11.5 Å². The third kappa shape index (κ3) is 14.0. The second-order valence-corrected chi connectivity index (χ2v) is 24.5. The first-order valence-corrected chi connectivity index (χ1v) is 28.5. The molecule has 75 heavy (non-hydrogen) atoms. The highest BCUT2D eigenvalue weighted by atomic mass is 127.